The summed E-state index contributed by atoms with van der Waals surface area (Å²) in [6, 6.07) is 8.39. The molecule has 0 aliphatic heterocycles. The highest BCUT2D eigenvalue weighted by atomic mass is 32.1. The molecule has 0 fully saturated rings. The predicted octanol–water partition coefficient (Wildman–Crippen LogP) is 5.30. The third kappa shape index (κ3) is 7.55. The molecule has 0 saturated heterocycles. The summed E-state index contributed by atoms with van der Waals surface area (Å²) in [5.41, 5.74) is 1.69. The quantitative estimate of drug-likeness (QED) is 0.399. The molecule has 1 aromatic heterocycles. The average molecular weight is 417 g/mol. The molecular weight excluding hydrogens is 384 g/mol. The van der Waals surface area contributed by atoms with E-state index in [1.165, 1.54) is 6.08 Å². The zero-order chi connectivity index (χ0) is 21.2. The lowest BCUT2D eigenvalue weighted by atomic mass is 10.2. The number of nitrogens with zero attached hydrogens (tertiary/aromatic N) is 1. The second-order valence-corrected chi connectivity index (χ2v) is 8.15. The number of ether oxygens (including phenoxy) is 2. The molecule has 0 radical (unpaired) electrons. The van der Waals surface area contributed by atoms with E-state index in [-0.39, 0.29) is 5.91 Å². The Morgan fingerprint density at radius 1 is 1.17 bits per heavy atom. The molecule has 0 saturated carbocycles. The molecule has 1 amide bonds. The zero-order valence-electron chi connectivity index (χ0n) is 18.0. The SMILES string of the molecule is COc1ccc(NC(=O)/C=C/c2ccsc2)cc1OCCCN(C(C)C)C(C)C. The minimum atomic E-state index is -0.183. The van der Waals surface area contributed by atoms with Crippen molar-refractivity contribution in [3.8, 4) is 11.5 Å². The van der Waals surface area contributed by atoms with Crippen LogP contribution in [0, 0.1) is 0 Å². The van der Waals surface area contributed by atoms with Gasteiger partial charge in [-0.3, -0.25) is 9.69 Å². The largest absolute Gasteiger partial charge is 0.493 e. The number of carbonyl (C=O) groups excluding carboxylic acids is 1. The molecule has 0 aliphatic carbocycles. The van der Waals surface area contributed by atoms with E-state index in [0.29, 0.717) is 35.9 Å². The van der Waals surface area contributed by atoms with Crippen molar-refractivity contribution in [1.29, 1.82) is 0 Å². The second kappa shape index (κ2) is 11.6. The molecule has 29 heavy (non-hydrogen) atoms. The van der Waals surface area contributed by atoms with Gasteiger partial charge in [-0.15, -0.1) is 0 Å². The van der Waals surface area contributed by atoms with Gasteiger partial charge in [0.05, 0.1) is 13.7 Å². The fourth-order valence-electron chi connectivity index (χ4n) is 3.13. The molecule has 0 spiro atoms. The van der Waals surface area contributed by atoms with E-state index in [1.54, 1.807) is 36.7 Å². The fourth-order valence-corrected chi connectivity index (χ4v) is 3.76. The first-order chi connectivity index (χ1) is 13.9. The Balaban J connectivity index is 1.93. The van der Waals surface area contributed by atoms with Gasteiger partial charge >= 0.3 is 0 Å². The smallest absolute Gasteiger partial charge is 0.248 e. The molecule has 1 aromatic carbocycles. The number of hydrogen-bond acceptors (Lipinski definition) is 5. The number of benzene rings is 1. The molecule has 5 nitrogen and oxygen atoms in total. The van der Waals surface area contributed by atoms with Crippen LogP contribution < -0.4 is 14.8 Å². The second-order valence-electron chi connectivity index (χ2n) is 7.37. The van der Waals surface area contributed by atoms with Crippen LogP contribution in [0.3, 0.4) is 0 Å². The Kier molecular flexibility index (Phi) is 9.22. The summed E-state index contributed by atoms with van der Waals surface area (Å²) in [6.07, 6.45) is 4.24. The molecule has 158 valence electrons. The molecule has 0 atom stereocenters. The summed E-state index contributed by atoms with van der Waals surface area (Å²) < 4.78 is 11.4. The molecule has 0 bridgehead atoms. The molecule has 2 rings (SSSR count). The van der Waals surface area contributed by atoms with E-state index in [1.807, 2.05) is 22.9 Å². The summed E-state index contributed by atoms with van der Waals surface area (Å²) in [5.74, 6) is 1.10. The van der Waals surface area contributed by atoms with Crippen LogP contribution in [-0.4, -0.2) is 43.2 Å². The number of amides is 1. The third-order valence-corrected chi connectivity index (χ3v) is 5.25. The lowest BCUT2D eigenvalue weighted by Crippen LogP contribution is -2.38. The van der Waals surface area contributed by atoms with Gasteiger partial charge in [-0.1, -0.05) is 0 Å². The normalized spacial score (nSPS) is 11.6. The van der Waals surface area contributed by atoms with E-state index in [2.05, 4.69) is 37.9 Å². The molecule has 6 heteroatoms. The van der Waals surface area contributed by atoms with Crippen LogP contribution >= 0.6 is 11.3 Å². The monoisotopic (exact) mass is 416 g/mol. The van der Waals surface area contributed by atoms with Crippen LogP contribution in [0.15, 0.2) is 41.1 Å². The van der Waals surface area contributed by atoms with E-state index in [4.69, 9.17) is 9.47 Å². The standard InChI is InChI=1S/C23H32N2O3S/c1-17(2)25(18(3)4)12-6-13-28-22-15-20(8-9-21(22)27-5)24-23(26)10-7-19-11-14-29-16-19/h7-11,14-18H,6,12-13H2,1-5H3,(H,24,26)/b10-7+. The Morgan fingerprint density at radius 2 is 1.93 bits per heavy atom. The van der Waals surface area contributed by atoms with Gasteiger partial charge < -0.3 is 14.8 Å². The number of anilines is 1. The van der Waals surface area contributed by atoms with Crippen molar-refractivity contribution in [2.45, 2.75) is 46.2 Å². The minimum Gasteiger partial charge on any atom is -0.493 e. The molecule has 0 aliphatic rings. The van der Waals surface area contributed by atoms with Gasteiger partial charge in [-0.2, -0.15) is 11.3 Å². The highest BCUT2D eigenvalue weighted by Gasteiger charge is 2.13. The van der Waals surface area contributed by atoms with Gasteiger partial charge in [0.15, 0.2) is 11.5 Å². The fraction of sp³-hybridized carbons (Fsp3) is 0.435. The molecular formula is C23H32N2O3S. The van der Waals surface area contributed by atoms with Crippen LogP contribution in [0.4, 0.5) is 5.69 Å². The van der Waals surface area contributed by atoms with Crippen molar-refractivity contribution in [2.75, 3.05) is 25.6 Å². The number of hydrogen-bond donors (Lipinski definition) is 1. The van der Waals surface area contributed by atoms with Crippen molar-refractivity contribution in [3.63, 3.8) is 0 Å². The summed E-state index contributed by atoms with van der Waals surface area (Å²) in [6.45, 7) is 10.4. The number of nitrogens with one attached hydrogen (secondary N) is 1. The molecule has 0 unspecified atom stereocenters. The molecule has 1 heterocycles. The topological polar surface area (TPSA) is 50.8 Å². The van der Waals surface area contributed by atoms with Crippen molar-refractivity contribution in [2.24, 2.45) is 0 Å². The Labute approximate surface area is 178 Å². The van der Waals surface area contributed by atoms with Crippen molar-refractivity contribution in [3.05, 3.63) is 46.7 Å². The Hall–Kier alpha value is -2.31. The van der Waals surface area contributed by atoms with Crippen molar-refractivity contribution >= 4 is 29.0 Å². The van der Waals surface area contributed by atoms with Crippen LogP contribution in [-0.2, 0) is 4.79 Å². The van der Waals surface area contributed by atoms with Crippen LogP contribution in [0.1, 0.15) is 39.7 Å². The van der Waals surface area contributed by atoms with E-state index in [9.17, 15) is 4.79 Å². The van der Waals surface area contributed by atoms with E-state index < -0.39 is 0 Å². The number of thiophene rings is 1. The van der Waals surface area contributed by atoms with Gasteiger partial charge in [0.25, 0.3) is 0 Å². The first-order valence-electron chi connectivity index (χ1n) is 9.98. The number of methoxy groups -OCH3 is 1. The highest BCUT2D eigenvalue weighted by molar-refractivity contribution is 7.08. The van der Waals surface area contributed by atoms with Gasteiger partial charge in [0.2, 0.25) is 5.91 Å². The Bertz CT molecular complexity index is 777. The molecule has 1 N–H and O–H groups in total. The Morgan fingerprint density at radius 3 is 2.55 bits per heavy atom. The van der Waals surface area contributed by atoms with E-state index >= 15 is 0 Å². The van der Waals surface area contributed by atoms with Crippen molar-refractivity contribution in [1.82, 2.24) is 4.90 Å². The summed E-state index contributed by atoms with van der Waals surface area (Å²) >= 11 is 1.60. The summed E-state index contributed by atoms with van der Waals surface area (Å²) in [5, 5.41) is 6.84. The maximum Gasteiger partial charge on any atom is 0.248 e. The average Bonchev–Trinajstić information content (AvgIpc) is 3.19. The van der Waals surface area contributed by atoms with Crippen LogP contribution in [0.2, 0.25) is 0 Å². The maximum atomic E-state index is 12.2. The third-order valence-electron chi connectivity index (χ3n) is 4.55. The van der Waals surface area contributed by atoms with Crippen molar-refractivity contribution < 1.29 is 14.3 Å². The first-order valence-corrected chi connectivity index (χ1v) is 10.9. The maximum absolute atomic E-state index is 12.2. The highest BCUT2D eigenvalue weighted by Crippen LogP contribution is 2.30. The molecule has 2 aromatic rings. The summed E-state index contributed by atoms with van der Waals surface area (Å²) in [4.78, 5) is 14.6. The van der Waals surface area contributed by atoms with Gasteiger partial charge in [0, 0.05) is 36.5 Å². The van der Waals surface area contributed by atoms with Crippen LogP contribution in [0.5, 0.6) is 11.5 Å². The lowest BCUT2D eigenvalue weighted by molar-refractivity contribution is -0.111. The predicted molar refractivity (Wildman–Crippen MR) is 122 cm³/mol. The van der Waals surface area contributed by atoms with E-state index in [0.717, 1.165) is 18.5 Å². The van der Waals surface area contributed by atoms with Gasteiger partial charge in [-0.25, -0.2) is 0 Å². The number of rotatable bonds is 11. The lowest BCUT2D eigenvalue weighted by Gasteiger charge is -2.30. The van der Waals surface area contributed by atoms with Gasteiger partial charge in [-0.05, 0) is 74.7 Å². The number of carbonyl (C=O) groups is 1. The van der Waals surface area contributed by atoms with Gasteiger partial charge in [0.1, 0.15) is 0 Å². The zero-order valence-corrected chi connectivity index (χ0v) is 18.8. The first kappa shape index (κ1) is 23.0. The summed E-state index contributed by atoms with van der Waals surface area (Å²) in [7, 11) is 1.61. The van der Waals surface area contributed by atoms with Crippen LogP contribution in [0.25, 0.3) is 6.08 Å². The minimum absolute atomic E-state index is 0.183.